The molecule has 0 saturated carbocycles. The molecule has 7 heteroatoms. The normalized spacial score (nSPS) is 14.0. The second-order valence-corrected chi connectivity index (χ2v) is 8.92. The summed E-state index contributed by atoms with van der Waals surface area (Å²) in [5, 5.41) is 3.07. The van der Waals surface area contributed by atoms with E-state index >= 15 is 0 Å². The summed E-state index contributed by atoms with van der Waals surface area (Å²) in [7, 11) is 2.36. The van der Waals surface area contributed by atoms with E-state index in [-0.39, 0.29) is 12.0 Å². The van der Waals surface area contributed by atoms with Gasteiger partial charge in [-0.2, -0.15) is 0 Å². The molecular weight excluding hydrogens is 306 g/mol. The minimum absolute atomic E-state index is 0.0899. The van der Waals surface area contributed by atoms with Gasteiger partial charge < -0.3 is 10.2 Å². The van der Waals surface area contributed by atoms with Crippen LogP contribution in [-0.2, 0) is 16.4 Å². The molecule has 2 N–H and O–H groups in total. The molecule has 0 fully saturated rings. The van der Waals surface area contributed by atoms with E-state index in [1.807, 2.05) is 46.0 Å². The number of rotatable bonds is 9. The van der Waals surface area contributed by atoms with Crippen molar-refractivity contribution in [3.63, 3.8) is 0 Å². The van der Waals surface area contributed by atoms with Gasteiger partial charge in [0.2, 0.25) is 10.0 Å². The molecular formula is C14H27N3O2S2. The largest absolute Gasteiger partial charge is 0.319 e. The lowest BCUT2D eigenvalue weighted by Crippen LogP contribution is -2.44. The summed E-state index contributed by atoms with van der Waals surface area (Å²) in [6.45, 7) is 5.60. The highest BCUT2D eigenvalue weighted by molar-refractivity contribution is 7.91. The molecule has 1 unspecified atom stereocenters. The van der Waals surface area contributed by atoms with Crippen LogP contribution in [0.5, 0.6) is 0 Å². The van der Waals surface area contributed by atoms with Gasteiger partial charge in [-0.25, -0.2) is 13.1 Å². The van der Waals surface area contributed by atoms with Gasteiger partial charge in [-0.1, -0.05) is 13.8 Å². The summed E-state index contributed by atoms with van der Waals surface area (Å²) in [5.74, 6) is 0.242. The van der Waals surface area contributed by atoms with Crippen molar-refractivity contribution in [2.45, 2.75) is 30.5 Å². The molecule has 0 aliphatic carbocycles. The minimum Gasteiger partial charge on any atom is -0.319 e. The monoisotopic (exact) mass is 333 g/mol. The smallest absolute Gasteiger partial charge is 0.250 e. The summed E-state index contributed by atoms with van der Waals surface area (Å²) < 4.78 is 28.2. The molecule has 0 aliphatic rings. The predicted octanol–water partition coefficient (Wildman–Crippen LogP) is 1.37. The molecule has 1 atom stereocenters. The van der Waals surface area contributed by atoms with E-state index in [1.54, 1.807) is 6.07 Å². The molecule has 0 aliphatic heterocycles. The number of hydrogen-bond donors (Lipinski definition) is 2. The highest BCUT2D eigenvalue weighted by Gasteiger charge is 2.24. The minimum atomic E-state index is -3.43. The highest BCUT2D eigenvalue weighted by atomic mass is 32.2. The molecule has 0 saturated heterocycles. The van der Waals surface area contributed by atoms with Gasteiger partial charge in [0, 0.05) is 17.5 Å². The zero-order chi connectivity index (χ0) is 16.0. The van der Waals surface area contributed by atoms with Crippen LogP contribution in [0.3, 0.4) is 0 Å². The van der Waals surface area contributed by atoms with Crippen LogP contribution in [0.25, 0.3) is 0 Å². The summed E-state index contributed by atoms with van der Waals surface area (Å²) in [5.41, 5.74) is 0. The molecule has 0 aromatic carbocycles. The standard InChI is InChI=1S/C14H27N3O2S2/c1-11(2)13(10-17(4)5)16-21(18,19)14-7-6-12(20-14)8-9-15-3/h6-7,11,13,15-16H,8-10H2,1-5H3. The molecule has 0 amide bonds. The number of likely N-dealkylation sites (N-methyl/N-ethyl adjacent to an activating group) is 2. The topological polar surface area (TPSA) is 61.4 Å². The molecule has 0 bridgehead atoms. The Hall–Kier alpha value is -0.470. The SMILES string of the molecule is CNCCc1ccc(S(=O)(=O)NC(CN(C)C)C(C)C)s1. The van der Waals surface area contributed by atoms with Gasteiger partial charge in [-0.3, -0.25) is 0 Å². The average Bonchev–Trinajstić information content (AvgIpc) is 2.84. The van der Waals surface area contributed by atoms with E-state index in [0.29, 0.717) is 10.8 Å². The fourth-order valence-corrected chi connectivity index (χ4v) is 4.67. The first-order chi connectivity index (χ1) is 9.76. The van der Waals surface area contributed by atoms with Gasteiger partial charge in [0.05, 0.1) is 0 Å². The summed E-state index contributed by atoms with van der Waals surface area (Å²) in [4.78, 5) is 3.08. The Morgan fingerprint density at radius 3 is 2.48 bits per heavy atom. The zero-order valence-electron chi connectivity index (χ0n) is 13.5. The van der Waals surface area contributed by atoms with Gasteiger partial charge in [-0.05, 0) is 52.2 Å². The first-order valence-electron chi connectivity index (χ1n) is 7.16. The predicted molar refractivity (Wildman–Crippen MR) is 89.5 cm³/mol. The van der Waals surface area contributed by atoms with Crippen LogP contribution >= 0.6 is 11.3 Å². The fraction of sp³-hybridized carbons (Fsp3) is 0.714. The van der Waals surface area contributed by atoms with E-state index in [4.69, 9.17) is 0 Å². The quantitative estimate of drug-likeness (QED) is 0.717. The van der Waals surface area contributed by atoms with Crippen LogP contribution in [0, 0.1) is 5.92 Å². The third-order valence-corrected chi connectivity index (χ3v) is 6.32. The first-order valence-corrected chi connectivity index (χ1v) is 9.46. The van der Waals surface area contributed by atoms with Gasteiger partial charge in [0.15, 0.2) is 0 Å². The van der Waals surface area contributed by atoms with Crippen LogP contribution in [0.2, 0.25) is 0 Å². The Kier molecular flexibility index (Phi) is 7.29. The Bertz CT molecular complexity index is 524. The van der Waals surface area contributed by atoms with Gasteiger partial charge in [0.25, 0.3) is 0 Å². The maximum atomic E-state index is 12.5. The van der Waals surface area contributed by atoms with Crippen LogP contribution in [0.4, 0.5) is 0 Å². The molecule has 122 valence electrons. The molecule has 0 spiro atoms. The third kappa shape index (κ3) is 6.04. The van der Waals surface area contributed by atoms with Gasteiger partial charge in [-0.15, -0.1) is 11.3 Å². The molecule has 1 aromatic heterocycles. The van der Waals surface area contributed by atoms with E-state index in [1.165, 1.54) is 11.3 Å². The number of nitrogens with one attached hydrogen (secondary N) is 2. The lowest BCUT2D eigenvalue weighted by molar-refractivity contribution is 0.314. The van der Waals surface area contributed by atoms with E-state index in [2.05, 4.69) is 10.0 Å². The second kappa shape index (κ2) is 8.24. The molecule has 1 heterocycles. The Morgan fingerprint density at radius 1 is 1.29 bits per heavy atom. The third-order valence-electron chi connectivity index (χ3n) is 3.20. The highest BCUT2D eigenvalue weighted by Crippen LogP contribution is 2.22. The van der Waals surface area contributed by atoms with Crippen molar-refractivity contribution in [3.8, 4) is 0 Å². The van der Waals surface area contributed by atoms with E-state index < -0.39 is 10.0 Å². The lowest BCUT2D eigenvalue weighted by atomic mass is 10.1. The summed E-state index contributed by atoms with van der Waals surface area (Å²) >= 11 is 1.35. The summed E-state index contributed by atoms with van der Waals surface area (Å²) in [6.07, 6.45) is 0.849. The molecule has 1 aromatic rings. The fourth-order valence-electron chi connectivity index (χ4n) is 1.92. The maximum absolute atomic E-state index is 12.5. The lowest BCUT2D eigenvalue weighted by Gasteiger charge is -2.25. The van der Waals surface area contributed by atoms with Crippen LogP contribution in [0.15, 0.2) is 16.3 Å². The second-order valence-electron chi connectivity index (χ2n) is 5.81. The zero-order valence-corrected chi connectivity index (χ0v) is 15.1. The van der Waals surface area contributed by atoms with Crippen molar-refractivity contribution in [3.05, 3.63) is 17.0 Å². The van der Waals surface area contributed by atoms with Crippen molar-refractivity contribution in [1.82, 2.24) is 14.9 Å². The van der Waals surface area contributed by atoms with Crippen LogP contribution in [0.1, 0.15) is 18.7 Å². The summed E-state index contributed by atoms with van der Waals surface area (Å²) in [6, 6.07) is 3.51. The van der Waals surface area contributed by atoms with E-state index in [0.717, 1.165) is 17.8 Å². The Morgan fingerprint density at radius 2 is 1.95 bits per heavy atom. The van der Waals surface area contributed by atoms with Crippen LogP contribution in [-0.4, -0.2) is 53.6 Å². The maximum Gasteiger partial charge on any atom is 0.250 e. The first kappa shape index (κ1) is 18.6. The van der Waals surface area contributed by atoms with Crippen molar-refractivity contribution < 1.29 is 8.42 Å². The molecule has 5 nitrogen and oxygen atoms in total. The Balaban J connectivity index is 2.81. The van der Waals surface area contributed by atoms with E-state index in [9.17, 15) is 8.42 Å². The van der Waals surface area contributed by atoms with Crippen molar-refractivity contribution in [2.24, 2.45) is 5.92 Å². The number of sulfonamides is 1. The van der Waals surface area contributed by atoms with Crippen LogP contribution < -0.4 is 10.0 Å². The number of hydrogen-bond acceptors (Lipinski definition) is 5. The number of thiophene rings is 1. The molecule has 0 radical (unpaired) electrons. The van der Waals surface area contributed by atoms with Gasteiger partial charge >= 0.3 is 0 Å². The average molecular weight is 334 g/mol. The molecule has 21 heavy (non-hydrogen) atoms. The van der Waals surface area contributed by atoms with Crippen molar-refractivity contribution in [2.75, 3.05) is 34.2 Å². The number of nitrogens with zero attached hydrogens (tertiary/aromatic N) is 1. The molecule has 1 rings (SSSR count). The van der Waals surface area contributed by atoms with Gasteiger partial charge in [0.1, 0.15) is 4.21 Å². The van der Waals surface area contributed by atoms with Crippen molar-refractivity contribution >= 4 is 21.4 Å². The van der Waals surface area contributed by atoms with Crippen molar-refractivity contribution in [1.29, 1.82) is 0 Å². The Labute approximate surface area is 132 Å².